The minimum atomic E-state index is -0.0125. The van der Waals surface area contributed by atoms with Crippen molar-refractivity contribution >= 4 is 12.6 Å². The number of aliphatic hydroxyl groups excluding tert-OH is 1. The molecule has 3 nitrogen and oxygen atoms in total. The van der Waals surface area contributed by atoms with E-state index in [0.717, 1.165) is 5.69 Å². The van der Waals surface area contributed by atoms with E-state index in [0.29, 0.717) is 11.7 Å². The monoisotopic (exact) mass is 170 g/mol. The van der Waals surface area contributed by atoms with Crippen molar-refractivity contribution in [1.29, 1.82) is 0 Å². The SMILES string of the molecule is C=CCn1c(CO)cnc1S. The van der Waals surface area contributed by atoms with Crippen LogP contribution in [0.25, 0.3) is 0 Å². The lowest BCUT2D eigenvalue weighted by atomic mass is 10.5. The number of nitrogens with zero attached hydrogens (tertiary/aromatic N) is 2. The molecule has 0 fully saturated rings. The van der Waals surface area contributed by atoms with E-state index in [4.69, 9.17) is 5.11 Å². The molecule has 0 atom stereocenters. The molecule has 0 bridgehead atoms. The van der Waals surface area contributed by atoms with Crippen molar-refractivity contribution in [1.82, 2.24) is 9.55 Å². The Morgan fingerprint density at radius 3 is 3.09 bits per heavy atom. The van der Waals surface area contributed by atoms with E-state index in [9.17, 15) is 0 Å². The minimum absolute atomic E-state index is 0.0125. The molecular formula is C7H10N2OS. The van der Waals surface area contributed by atoms with Gasteiger partial charge < -0.3 is 9.67 Å². The average Bonchev–Trinajstić information content (AvgIpc) is 2.34. The quantitative estimate of drug-likeness (QED) is 0.521. The van der Waals surface area contributed by atoms with E-state index in [1.807, 2.05) is 0 Å². The van der Waals surface area contributed by atoms with Gasteiger partial charge in [-0.3, -0.25) is 0 Å². The molecule has 1 aromatic heterocycles. The number of imidazole rings is 1. The lowest BCUT2D eigenvalue weighted by molar-refractivity contribution is 0.270. The van der Waals surface area contributed by atoms with Gasteiger partial charge in [0.15, 0.2) is 5.16 Å². The van der Waals surface area contributed by atoms with Crippen molar-refractivity contribution in [3.05, 3.63) is 24.5 Å². The van der Waals surface area contributed by atoms with Gasteiger partial charge in [-0.25, -0.2) is 4.98 Å². The number of hydrogen-bond donors (Lipinski definition) is 2. The Morgan fingerprint density at radius 2 is 2.55 bits per heavy atom. The van der Waals surface area contributed by atoms with Gasteiger partial charge in [-0.2, -0.15) is 0 Å². The highest BCUT2D eigenvalue weighted by Crippen LogP contribution is 2.08. The third kappa shape index (κ3) is 1.64. The van der Waals surface area contributed by atoms with Gasteiger partial charge in [0.2, 0.25) is 0 Å². The van der Waals surface area contributed by atoms with Crippen LogP contribution in [-0.2, 0) is 13.2 Å². The predicted molar refractivity (Wildman–Crippen MR) is 45.6 cm³/mol. The molecule has 0 saturated carbocycles. The zero-order chi connectivity index (χ0) is 8.27. The fourth-order valence-corrected chi connectivity index (χ4v) is 1.12. The van der Waals surface area contributed by atoms with Crippen LogP contribution in [0.5, 0.6) is 0 Å². The first-order valence-electron chi connectivity index (χ1n) is 3.24. The van der Waals surface area contributed by atoms with Crippen LogP contribution >= 0.6 is 12.6 Å². The van der Waals surface area contributed by atoms with Crippen molar-refractivity contribution < 1.29 is 5.11 Å². The predicted octanol–water partition coefficient (Wildman–Crippen LogP) is 0.850. The van der Waals surface area contributed by atoms with E-state index in [2.05, 4.69) is 24.2 Å². The topological polar surface area (TPSA) is 38.0 Å². The molecule has 11 heavy (non-hydrogen) atoms. The lowest BCUT2D eigenvalue weighted by Gasteiger charge is -2.02. The maximum Gasteiger partial charge on any atom is 0.165 e. The van der Waals surface area contributed by atoms with E-state index < -0.39 is 0 Å². The molecule has 0 unspecified atom stereocenters. The van der Waals surface area contributed by atoms with Gasteiger partial charge in [0.1, 0.15) is 0 Å². The second-order valence-electron chi connectivity index (χ2n) is 2.11. The summed E-state index contributed by atoms with van der Waals surface area (Å²) >= 11 is 4.10. The fraction of sp³-hybridized carbons (Fsp3) is 0.286. The summed E-state index contributed by atoms with van der Waals surface area (Å²) in [6.07, 6.45) is 3.34. The standard InChI is InChI=1S/C7H10N2OS/c1-2-3-9-6(5-10)4-8-7(9)11/h2,4,10H,1,3,5H2,(H,8,11). The number of thiol groups is 1. The smallest absolute Gasteiger partial charge is 0.165 e. The summed E-state index contributed by atoms with van der Waals surface area (Å²) in [5.41, 5.74) is 0.759. The third-order valence-corrected chi connectivity index (χ3v) is 1.75. The first kappa shape index (κ1) is 8.36. The zero-order valence-corrected chi connectivity index (χ0v) is 6.96. The summed E-state index contributed by atoms with van der Waals surface area (Å²) in [5.74, 6) is 0. The molecule has 0 aliphatic rings. The van der Waals surface area contributed by atoms with Crippen LogP contribution in [0.15, 0.2) is 24.0 Å². The first-order valence-corrected chi connectivity index (χ1v) is 3.69. The van der Waals surface area contributed by atoms with Crippen LogP contribution in [0.1, 0.15) is 5.69 Å². The maximum absolute atomic E-state index is 8.83. The van der Waals surface area contributed by atoms with Crippen LogP contribution in [-0.4, -0.2) is 14.7 Å². The summed E-state index contributed by atoms with van der Waals surface area (Å²) in [6.45, 7) is 4.21. The molecule has 1 N–H and O–H groups in total. The van der Waals surface area contributed by atoms with Crippen LogP contribution in [0.4, 0.5) is 0 Å². The number of aliphatic hydroxyl groups is 1. The minimum Gasteiger partial charge on any atom is -0.390 e. The fourth-order valence-electron chi connectivity index (χ4n) is 0.854. The van der Waals surface area contributed by atoms with Gasteiger partial charge in [-0.1, -0.05) is 6.08 Å². The summed E-state index contributed by atoms with van der Waals surface area (Å²) in [6, 6.07) is 0. The highest BCUT2D eigenvalue weighted by molar-refractivity contribution is 7.80. The molecule has 1 aromatic rings. The molecule has 0 radical (unpaired) electrons. The van der Waals surface area contributed by atoms with Gasteiger partial charge in [0.05, 0.1) is 18.5 Å². The van der Waals surface area contributed by atoms with Gasteiger partial charge in [0, 0.05) is 6.54 Å². The van der Waals surface area contributed by atoms with Crippen molar-refractivity contribution in [2.45, 2.75) is 18.3 Å². The Morgan fingerprint density at radius 1 is 1.82 bits per heavy atom. The third-order valence-electron chi connectivity index (χ3n) is 1.39. The Kier molecular flexibility index (Phi) is 2.73. The van der Waals surface area contributed by atoms with E-state index in [-0.39, 0.29) is 6.61 Å². The molecule has 1 rings (SSSR count). The molecule has 4 heteroatoms. The highest BCUT2D eigenvalue weighted by atomic mass is 32.1. The van der Waals surface area contributed by atoms with Crippen molar-refractivity contribution in [2.75, 3.05) is 0 Å². The van der Waals surface area contributed by atoms with Crippen LogP contribution < -0.4 is 0 Å². The Labute approximate surface area is 70.8 Å². The summed E-state index contributed by atoms with van der Waals surface area (Å²) in [4.78, 5) is 3.93. The van der Waals surface area contributed by atoms with E-state index >= 15 is 0 Å². The average molecular weight is 170 g/mol. The molecule has 0 aromatic carbocycles. The van der Waals surface area contributed by atoms with E-state index in [1.54, 1.807) is 16.8 Å². The highest BCUT2D eigenvalue weighted by Gasteiger charge is 2.02. The van der Waals surface area contributed by atoms with Crippen LogP contribution in [0.2, 0.25) is 0 Å². The van der Waals surface area contributed by atoms with Crippen LogP contribution in [0.3, 0.4) is 0 Å². The van der Waals surface area contributed by atoms with Gasteiger partial charge in [0.25, 0.3) is 0 Å². The molecule has 0 saturated heterocycles. The molecular weight excluding hydrogens is 160 g/mol. The molecule has 60 valence electrons. The van der Waals surface area contributed by atoms with E-state index in [1.165, 1.54) is 0 Å². The Balaban J connectivity index is 2.96. The molecule has 1 heterocycles. The van der Waals surface area contributed by atoms with Gasteiger partial charge >= 0.3 is 0 Å². The summed E-state index contributed by atoms with van der Waals surface area (Å²) in [5, 5.41) is 9.43. The second-order valence-corrected chi connectivity index (χ2v) is 2.51. The van der Waals surface area contributed by atoms with Gasteiger partial charge in [-0.05, 0) is 0 Å². The van der Waals surface area contributed by atoms with Crippen molar-refractivity contribution in [3.63, 3.8) is 0 Å². The Hall–Kier alpha value is -0.740. The Bertz CT molecular complexity index is 257. The molecule has 0 aliphatic carbocycles. The largest absolute Gasteiger partial charge is 0.390 e. The zero-order valence-electron chi connectivity index (χ0n) is 6.06. The summed E-state index contributed by atoms with van der Waals surface area (Å²) < 4.78 is 1.79. The summed E-state index contributed by atoms with van der Waals surface area (Å²) in [7, 11) is 0. The number of hydrogen-bond acceptors (Lipinski definition) is 3. The molecule has 0 amide bonds. The lowest BCUT2D eigenvalue weighted by Crippen LogP contribution is -2.01. The van der Waals surface area contributed by atoms with Crippen molar-refractivity contribution in [3.8, 4) is 0 Å². The van der Waals surface area contributed by atoms with Crippen LogP contribution in [0, 0.1) is 0 Å². The molecule has 0 spiro atoms. The first-order chi connectivity index (χ1) is 5.29. The normalized spacial score (nSPS) is 10.0. The maximum atomic E-state index is 8.83. The number of aromatic nitrogens is 2. The van der Waals surface area contributed by atoms with Crippen molar-refractivity contribution in [2.24, 2.45) is 0 Å². The van der Waals surface area contributed by atoms with Gasteiger partial charge in [-0.15, -0.1) is 19.2 Å². The number of rotatable bonds is 3. The second kappa shape index (κ2) is 3.59. The number of allylic oxidation sites excluding steroid dienone is 1. The molecule has 0 aliphatic heterocycles.